The highest BCUT2D eigenvalue weighted by atomic mass is 16.5. The molecule has 0 saturated heterocycles. The molecule has 2 radical (unpaired) electrons. The minimum Gasteiger partial charge on any atom is -0.456 e. The van der Waals surface area contributed by atoms with Crippen LogP contribution in [0, 0.1) is 0 Å². The lowest BCUT2D eigenvalue weighted by molar-refractivity contribution is 0.0586. The SMILES string of the molecule is [B]CC(C)N1C(=O)c2ccccc2C12c1ccc(N(CC)CC)cc1Oc1cc(N(CC)CC)ccc12. The maximum atomic E-state index is 14.0. The fourth-order valence-electron chi connectivity index (χ4n) is 6.21. The summed E-state index contributed by atoms with van der Waals surface area (Å²) >= 11 is 0. The van der Waals surface area contributed by atoms with E-state index in [0.29, 0.717) is 6.32 Å². The minimum atomic E-state index is -0.820. The van der Waals surface area contributed by atoms with Crippen molar-refractivity contribution >= 4 is 25.1 Å². The van der Waals surface area contributed by atoms with Crippen molar-refractivity contribution in [3.05, 3.63) is 82.9 Å². The Balaban J connectivity index is 1.85. The van der Waals surface area contributed by atoms with E-state index in [1.54, 1.807) is 0 Å². The number of rotatable bonds is 8. The topological polar surface area (TPSA) is 36.0 Å². The molecule has 2 aliphatic rings. The van der Waals surface area contributed by atoms with Crippen LogP contribution in [0.3, 0.4) is 0 Å². The Morgan fingerprint density at radius 3 is 1.81 bits per heavy atom. The number of nitrogens with zero attached hydrogens (tertiary/aromatic N) is 3. The normalized spacial score (nSPS) is 15.6. The van der Waals surface area contributed by atoms with Crippen LogP contribution >= 0.6 is 0 Å². The molecule has 0 bridgehead atoms. The molecule has 5 rings (SSSR count). The zero-order valence-electron chi connectivity index (χ0n) is 22.6. The van der Waals surface area contributed by atoms with Gasteiger partial charge < -0.3 is 19.4 Å². The van der Waals surface area contributed by atoms with E-state index in [0.717, 1.165) is 71.3 Å². The maximum absolute atomic E-state index is 14.0. The first-order chi connectivity index (χ1) is 18.0. The van der Waals surface area contributed by atoms with Gasteiger partial charge in [-0.05, 0) is 58.4 Å². The summed E-state index contributed by atoms with van der Waals surface area (Å²) in [4.78, 5) is 20.7. The minimum absolute atomic E-state index is 0.00740. The Bertz CT molecular complexity index is 1250. The van der Waals surface area contributed by atoms with Crippen LogP contribution in [0.5, 0.6) is 11.5 Å². The summed E-state index contributed by atoms with van der Waals surface area (Å²) in [5, 5.41) is 0. The predicted octanol–water partition coefficient (Wildman–Crippen LogP) is 6.21. The number of hydrogen-bond donors (Lipinski definition) is 0. The van der Waals surface area contributed by atoms with E-state index >= 15 is 0 Å². The van der Waals surface area contributed by atoms with Crippen LogP contribution in [0.1, 0.15) is 61.7 Å². The van der Waals surface area contributed by atoms with Crippen LogP contribution in [-0.4, -0.2) is 50.9 Å². The average Bonchev–Trinajstić information content (AvgIpc) is 3.18. The van der Waals surface area contributed by atoms with E-state index in [-0.39, 0.29) is 11.9 Å². The zero-order chi connectivity index (χ0) is 26.3. The van der Waals surface area contributed by atoms with Crippen LogP contribution < -0.4 is 14.5 Å². The van der Waals surface area contributed by atoms with Gasteiger partial charge in [0.15, 0.2) is 0 Å². The Morgan fingerprint density at radius 2 is 1.32 bits per heavy atom. The van der Waals surface area contributed by atoms with E-state index < -0.39 is 5.54 Å². The molecule has 1 amide bonds. The number of hydrogen-bond acceptors (Lipinski definition) is 4. The Hall–Kier alpha value is -3.41. The summed E-state index contributed by atoms with van der Waals surface area (Å²) in [6.45, 7) is 14.3. The first-order valence-electron chi connectivity index (χ1n) is 13.6. The summed E-state index contributed by atoms with van der Waals surface area (Å²) in [6, 6.07) is 20.7. The molecule has 2 heterocycles. The first-order valence-corrected chi connectivity index (χ1v) is 13.6. The number of fused-ring (bicyclic) bond motifs is 6. The maximum Gasteiger partial charge on any atom is 0.255 e. The standard InChI is InChI=1S/C31H36BN3O2/c1-6-33(7-2)22-14-16-26-28(18-22)37-29-19-23(34(8-3)9-4)15-17-27(29)31(26)25-13-11-10-12-24(25)30(36)35(31)21(5)20-32/h10-19,21H,6-9,20H2,1-5H3. The van der Waals surface area contributed by atoms with Gasteiger partial charge in [-0.3, -0.25) is 4.79 Å². The first kappa shape index (κ1) is 25.3. The van der Waals surface area contributed by atoms with Gasteiger partial charge in [-0.15, -0.1) is 0 Å². The molecule has 3 aromatic carbocycles. The molecule has 37 heavy (non-hydrogen) atoms. The molecule has 0 aromatic heterocycles. The van der Waals surface area contributed by atoms with Crippen molar-refractivity contribution in [2.75, 3.05) is 36.0 Å². The highest BCUT2D eigenvalue weighted by Gasteiger charge is 2.57. The number of ether oxygens (including phenoxy) is 1. The van der Waals surface area contributed by atoms with Crippen LogP contribution in [0.4, 0.5) is 11.4 Å². The van der Waals surface area contributed by atoms with Crippen LogP contribution in [-0.2, 0) is 5.54 Å². The fourth-order valence-corrected chi connectivity index (χ4v) is 6.21. The molecule has 3 aromatic rings. The van der Waals surface area contributed by atoms with E-state index in [9.17, 15) is 4.79 Å². The molecule has 1 unspecified atom stereocenters. The molecule has 190 valence electrons. The Labute approximate surface area is 222 Å². The summed E-state index contributed by atoms with van der Waals surface area (Å²) in [6.07, 6.45) is 0.363. The van der Waals surface area contributed by atoms with Gasteiger partial charge >= 0.3 is 0 Å². The molecule has 0 fully saturated rings. The lowest BCUT2D eigenvalue weighted by Crippen LogP contribution is -2.51. The van der Waals surface area contributed by atoms with E-state index in [4.69, 9.17) is 12.6 Å². The molecule has 0 aliphatic carbocycles. The van der Waals surface area contributed by atoms with Crippen molar-refractivity contribution in [3.63, 3.8) is 0 Å². The van der Waals surface area contributed by atoms with Gasteiger partial charge in [-0.1, -0.05) is 36.7 Å². The van der Waals surface area contributed by atoms with Gasteiger partial charge in [-0.2, -0.15) is 0 Å². The highest BCUT2D eigenvalue weighted by molar-refractivity contribution is 6.10. The summed E-state index contributed by atoms with van der Waals surface area (Å²) in [5.41, 5.74) is 5.06. The Morgan fingerprint density at radius 1 is 0.811 bits per heavy atom. The quantitative estimate of drug-likeness (QED) is 0.350. The number of benzene rings is 3. The second-order valence-electron chi connectivity index (χ2n) is 9.82. The number of carbonyl (C=O) groups excluding carboxylic acids is 1. The molecular formula is C31H36BN3O2. The zero-order valence-corrected chi connectivity index (χ0v) is 22.6. The predicted molar refractivity (Wildman–Crippen MR) is 153 cm³/mol. The molecule has 2 aliphatic heterocycles. The van der Waals surface area contributed by atoms with Gasteiger partial charge in [0.1, 0.15) is 17.0 Å². The highest BCUT2D eigenvalue weighted by Crippen LogP contribution is 2.59. The molecule has 0 N–H and O–H groups in total. The van der Waals surface area contributed by atoms with Crippen molar-refractivity contribution in [1.29, 1.82) is 0 Å². The Kier molecular flexibility index (Phi) is 6.69. The summed E-state index contributed by atoms with van der Waals surface area (Å²) in [5.74, 6) is 1.58. The van der Waals surface area contributed by atoms with Crippen LogP contribution in [0.2, 0.25) is 6.32 Å². The van der Waals surface area contributed by atoms with E-state index in [1.165, 1.54) is 0 Å². The number of anilines is 2. The van der Waals surface area contributed by atoms with Gasteiger partial charge in [0.2, 0.25) is 0 Å². The van der Waals surface area contributed by atoms with Gasteiger partial charge in [-0.25, -0.2) is 0 Å². The molecule has 6 heteroatoms. The van der Waals surface area contributed by atoms with Crippen molar-refractivity contribution in [1.82, 2.24) is 4.90 Å². The van der Waals surface area contributed by atoms with Gasteiger partial charge in [0, 0.05) is 72.4 Å². The van der Waals surface area contributed by atoms with E-state index in [2.05, 4.69) is 80.0 Å². The molecule has 1 atom stereocenters. The number of carbonyl (C=O) groups is 1. The average molecular weight is 493 g/mol. The van der Waals surface area contributed by atoms with Gasteiger partial charge in [0.05, 0.1) is 7.85 Å². The van der Waals surface area contributed by atoms with E-state index in [1.807, 2.05) is 30.0 Å². The monoisotopic (exact) mass is 493 g/mol. The third-order valence-corrected chi connectivity index (χ3v) is 8.10. The fraction of sp³-hybridized carbons (Fsp3) is 0.387. The second kappa shape index (κ2) is 9.81. The van der Waals surface area contributed by atoms with Crippen LogP contribution in [0.15, 0.2) is 60.7 Å². The van der Waals surface area contributed by atoms with Gasteiger partial charge in [0.25, 0.3) is 5.91 Å². The molecular weight excluding hydrogens is 457 g/mol. The smallest absolute Gasteiger partial charge is 0.255 e. The number of amides is 1. The second-order valence-corrected chi connectivity index (χ2v) is 9.82. The molecule has 5 nitrogen and oxygen atoms in total. The van der Waals surface area contributed by atoms with Crippen molar-refractivity contribution < 1.29 is 9.53 Å². The van der Waals surface area contributed by atoms with Crippen molar-refractivity contribution in [2.45, 2.75) is 52.5 Å². The lowest BCUT2D eigenvalue weighted by atomic mass is 9.73. The van der Waals surface area contributed by atoms with Crippen molar-refractivity contribution in [2.24, 2.45) is 0 Å². The third kappa shape index (κ3) is 3.64. The lowest BCUT2D eigenvalue weighted by Gasteiger charge is -2.47. The largest absolute Gasteiger partial charge is 0.456 e. The molecule has 1 spiro atoms. The summed E-state index contributed by atoms with van der Waals surface area (Å²) in [7, 11) is 6.24. The summed E-state index contributed by atoms with van der Waals surface area (Å²) < 4.78 is 6.71. The van der Waals surface area contributed by atoms with Crippen molar-refractivity contribution in [3.8, 4) is 11.5 Å². The third-order valence-electron chi connectivity index (χ3n) is 8.10. The van der Waals surface area contributed by atoms with Crippen LogP contribution in [0.25, 0.3) is 0 Å². The molecule has 0 saturated carbocycles.